The van der Waals surface area contributed by atoms with Crippen molar-refractivity contribution in [3.8, 4) is 11.5 Å². The molecule has 0 saturated carbocycles. The molecule has 2 aromatic carbocycles. The first-order chi connectivity index (χ1) is 14.1. The molecule has 0 aliphatic rings. The van der Waals surface area contributed by atoms with Gasteiger partial charge in [0.25, 0.3) is 10.0 Å². The average Bonchev–Trinajstić information content (AvgIpc) is 3.12. The van der Waals surface area contributed by atoms with Crippen LogP contribution >= 0.6 is 11.6 Å². The van der Waals surface area contributed by atoms with Crippen LogP contribution in [0.15, 0.2) is 63.9 Å². The quantitative estimate of drug-likeness (QED) is 0.595. The maximum atomic E-state index is 13.3. The fraction of sp³-hybridized carbons (Fsp3) is 0.111. The number of urea groups is 1. The zero-order chi connectivity index (χ0) is 21.9. The molecular weight excluding hydrogens is 447 g/mol. The van der Waals surface area contributed by atoms with Gasteiger partial charge in [0.05, 0.1) is 11.4 Å². The summed E-state index contributed by atoms with van der Waals surface area (Å²) in [6.07, 6.45) is -4.83. The van der Waals surface area contributed by atoms with Crippen LogP contribution in [0.25, 0.3) is 11.5 Å². The van der Waals surface area contributed by atoms with Gasteiger partial charge in [-0.2, -0.15) is 13.2 Å². The smallest absolute Gasteiger partial charge is 0.436 e. The lowest BCUT2D eigenvalue weighted by atomic mass is 10.2. The lowest BCUT2D eigenvalue weighted by Gasteiger charge is -2.09. The number of hydrogen-bond acceptors (Lipinski definition) is 5. The Balaban J connectivity index is 1.75. The molecule has 0 saturated heterocycles. The number of carbonyl (C=O) groups is 1. The summed E-state index contributed by atoms with van der Waals surface area (Å²) in [5, 5.41) is 2.31. The van der Waals surface area contributed by atoms with Gasteiger partial charge in [0.1, 0.15) is 0 Å². The standard InChI is InChI=1S/C18H13ClF3N3O4S/c19-12-6-8-13(9-7-12)30(27,28)25-17(26)23-10-14-15(18(20,21)22)24-16(29-14)11-4-2-1-3-5-11/h1-9H,10H2,(H2,23,25,26). The number of aromatic nitrogens is 1. The molecule has 0 bridgehead atoms. The summed E-state index contributed by atoms with van der Waals surface area (Å²) in [7, 11) is -4.25. The number of halogens is 4. The fourth-order valence-electron chi connectivity index (χ4n) is 2.39. The first-order valence-electron chi connectivity index (χ1n) is 8.25. The van der Waals surface area contributed by atoms with E-state index in [1.54, 1.807) is 22.9 Å². The number of oxazole rings is 1. The molecule has 3 aromatic rings. The second kappa shape index (κ2) is 8.36. The molecule has 2 amide bonds. The van der Waals surface area contributed by atoms with Gasteiger partial charge in [-0.3, -0.25) is 0 Å². The van der Waals surface area contributed by atoms with Gasteiger partial charge >= 0.3 is 12.2 Å². The summed E-state index contributed by atoms with van der Waals surface area (Å²) in [6.45, 7) is -0.739. The van der Waals surface area contributed by atoms with Crippen molar-refractivity contribution in [1.29, 1.82) is 0 Å². The molecule has 0 unspecified atom stereocenters. The van der Waals surface area contributed by atoms with Gasteiger partial charge in [-0.1, -0.05) is 29.8 Å². The van der Waals surface area contributed by atoms with Crippen LogP contribution in [0, 0.1) is 0 Å². The van der Waals surface area contributed by atoms with Crippen LogP contribution in [0.5, 0.6) is 0 Å². The van der Waals surface area contributed by atoms with Crippen molar-refractivity contribution >= 4 is 27.7 Å². The minimum Gasteiger partial charge on any atom is -0.439 e. The van der Waals surface area contributed by atoms with E-state index in [0.29, 0.717) is 5.56 Å². The molecule has 0 aliphatic heterocycles. The number of benzene rings is 2. The zero-order valence-electron chi connectivity index (χ0n) is 14.9. The summed E-state index contributed by atoms with van der Waals surface area (Å²) < 4.78 is 71.0. The Bertz CT molecular complexity index is 1150. The summed E-state index contributed by atoms with van der Waals surface area (Å²) in [6, 6.07) is 11.6. The van der Waals surface area contributed by atoms with Crippen LogP contribution in [0.1, 0.15) is 11.5 Å². The Kier molecular flexibility index (Phi) is 6.04. The Labute approximate surface area is 173 Å². The first kappa shape index (κ1) is 21.7. The van der Waals surface area contributed by atoms with Crippen LogP contribution in [-0.4, -0.2) is 19.4 Å². The molecule has 158 valence electrons. The van der Waals surface area contributed by atoms with Crippen molar-refractivity contribution in [2.75, 3.05) is 0 Å². The van der Waals surface area contributed by atoms with Crippen molar-refractivity contribution < 1.29 is 30.8 Å². The van der Waals surface area contributed by atoms with Gasteiger partial charge in [-0.15, -0.1) is 0 Å². The van der Waals surface area contributed by atoms with E-state index >= 15 is 0 Å². The first-order valence-corrected chi connectivity index (χ1v) is 10.1. The minimum atomic E-state index is -4.83. The van der Waals surface area contributed by atoms with E-state index in [2.05, 4.69) is 4.98 Å². The Hall–Kier alpha value is -3.05. The largest absolute Gasteiger partial charge is 0.439 e. The molecule has 0 aliphatic carbocycles. The lowest BCUT2D eigenvalue weighted by molar-refractivity contribution is -0.142. The molecule has 0 fully saturated rings. The fourth-order valence-corrected chi connectivity index (χ4v) is 3.44. The van der Waals surface area contributed by atoms with E-state index in [9.17, 15) is 26.4 Å². The van der Waals surface area contributed by atoms with Crippen LogP contribution < -0.4 is 10.0 Å². The number of amides is 2. The molecule has 30 heavy (non-hydrogen) atoms. The summed E-state index contributed by atoms with van der Waals surface area (Å²) in [5.41, 5.74) is -1.01. The third-order valence-corrected chi connectivity index (χ3v) is 5.35. The van der Waals surface area contributed by atoms with E-state index in [4.69, 9.17) is 16.0 Å². The Morgan fingerprint density at radius 3 is 2.30 bits per heavy atom. The van der Waals surface area contributed by atoms with E-state index < -0.39 is 40.2 Å². The van der Waals surface area contributed by atoms with Crippen molar-refractivity contribution in [3.05, 3.63) is 71.1 Å². The molecule has 12 heteroatoms. The molecule has 1 aromatic heterocycles. The van der Waals surface area contributed by atoms with Gasteiger partial charge in [-0.05, 0) is 36.4 Å². The number of nitrogens with one attached hydrogen (secondary N) is 2. The maximum absolute atomic E-state index is 13.3. The third-order valence-electron chi connectivity index (χ3n) is 3.75. The van der Waals surface area contributed by atoms with Crippen molar-refractivity contribution in [3.63, 3.8) is 0 Å². The highest BCUT2D eigenvalue weighted by Gasteiger charge is 2.39. The number of nitrogens with zero attached hydrogens (tertiary/aromatic N) is 1. The highest BCUT2D eigenvalue weighted by Crippen LogP contribution is 2.34. The number of rotatable bonds is 5. The molecule has 0 atom stereocenters. The highest BCUT2D eigenvalue weighted by atomic mass is 35.5. The van der Waals surface area contributed by atoms with Gasteiger partial charge in [0, 0.05) is 10.6 Å². The second-order valence-electron chi connectivity index (χ2n) is 5.90. The highest BCUT2D eigenvalue weighted by molar-refractivity contribution is 7.90. The van der Waals surface area contributed by atoms with Gasteiger partial charge in [0.15, 0.2) is 11.5 Å². The Morgan fingerprint density at radius 2 is 1.70 bits per heavy atom. The van der Waals surface area contributed by atoms with E-state index in [0.717, 1.165) is 0 Å². The molecule has 0 radical (unpaired) electrons. The SMILES string of the molecule is O=C(NCc1oc(-c2ccccc2)nc1C(F)(F)F)NS(=O)(=O)c1ccc(Cl)cc1. The lowest BCUT2D eigenvalue weighted by Crippen LogP contribution is -2.39. The predicted molar refractivity (Wildman–Crippen MR) is 101 cm³/mol. The van der Waals surface area contributed by atoms with Crippen LogP contribution in [0.3, 0.4) is 0 Å². The second-order valence-corrected chi connectivity index (χ2v) is 8.02. The van der Waals surface area contributed by atoms with Crippen molar-refractivity contribution in [2.45, 2.75) is 17.6 Å². The normalized spacial score (nSPS) is 11.9. The molecule has 0 spiro atoms. The van der Waals surface area contributed by atoms with Crippen LogP contribution in [-0.2, 0) is 22.7 Å². The molecule has 1 heterocycles. The number of carbonyl (C=O) groups excluding carboxylic acids is 1. The predicted octanol–water partition coefficient (Wildman–Crippen LogP) is 4.20. The van der Waals surface area contributed by atoms with E-state index in [1.165, 1.54) is 36.4 Å². The van der Waals surface area contributed by atoms with Crippen molar-refractivity contribution in [1.82, 2.24) is 15.0 Å². The molecular formula is C18H13ClF3N3O4S. The monoisotopic (exact) mass is 459 g/mol. The minimum absolute atomic E-state index is 0.246. The third kappa shape index (κ3) is 5.10. The molecule has 2 N–H and O–H groups in total. The number of alkyl halides is 3. The van der Waals surface area contributed by atoms with E-state index in [1.807, 2.05) is 5.32 Å². The number of hydrogen-bond donors (Lipinski definition) is 2. The number of sulfonamides is 1. The van der Waals surface area contributed by atoms with Crippen LogP contribution in [0.4, 0.5) is 18.0 Å². The zero-order valence-corrected chi connectivity index (χ0v) is 16.5. The molecule has 7 nitrogen and oxygen atoms in total. The summed E-state index contributed by atoms with van der Waals surface area (Å²) >= 11 is 5.68. The topological polar surface area (TPSA) is 101 Å². The maximum Gasteiger partial charge on any atom is 0.436 e. The van der Waals surface area contributed by atoms with Gasteiger partial charge in [0.2, 0.25) is 5.89 Å². The Morgan fingerprint density at radius 1 is 1.07 bits per heavy atom. The average molecular weight is 460 g/mol. The van der Waals surface area contributed by atoms with Gasteiger partial charge < -0.3 is 9.73 Å². The van der Waals surface area contributed by atoms with Crippen LogP contribution in [0.2, 0.25) is 5.02 Å². The summed E-state index contributed by atoms with van der Waals surface area (Å²) in [5.74, 6) is -0.950. The van der Waals surface area contributed by atoms with Crippen molar-refractivity contribution in [2.24, 2.45) is 0 Å². The van der Waals surface area contributed by atoms with Gasteiger partial charge in [-0.25, -0.2) is 22.9 Å². The molecule has 3 rings (SSSR count). The van der Waals surface area contributed by atoms with E-state index in [-0.39, 0.29) is 15.8 Å². The summed E-state index contributed by atoms with van der Waals surface area (Å²) in [4.78, 5) is 15.2.